The Morgan fingerprint density at radius 3 is 2.53 bits per heavy atom. The summed E-state index contributed by atoms with van der Waals surface area (Å²) in [5.74, 6) is 0.462. The smallest absolute Gasteiger partial charge is 0.416 e. The van der Waals surface area contributed by atoms with E-state index in [2.05, 4.69) is 6.58 Å². The van der Waals surface area contributed by atoms with Gasteiger partial charge in [0.1, 0.15) is 11.3 Å². The molecule has 0 aliphatic rings. The van der Waals surface area contributed by atoms with Gasteiger partial charge < -0.3 is 4.42 Å². The maximum atomic E-state index is 12.3. The lowest BCUT2D eigenvalue weighted by atomic mass is 10.1. The molecule has 15 heavy (non-hydrogen) atoms. The molecule has 1 nitrogen and oxygen atoms in total. The van der Waals surface area contributed by atoms with Crippen LogP contribution in [0.1, 0.15) is 11.3 Å². The van der Waals surface area contributed by atoms with Gasteiger partial charge in [-0.05, 0) is 24.3 Å². The van der Waals surface area contributed by atoms with E-state index in [9.17, 15) is 13.2 Å². The van der Waals surface area contributed by atoms with E-state index in [-0.39, 0.29) is 5.58 Å². The summed E-state index contributed by atoms with van der Waals surface area (Å²) >= 11 is 0. The highest BCUT2D eigenvalue weighted by atomic mass is 19.4. The number of benzene rings is 1. The van der Waals surface area contributed by atoms with Gasteiger partial charge in [-0.15, -0.1) is 0 Å². The fourth-order valence-corrected chi connectivity index (χ4v) is 1.33. The van der Waals surface area contributed by atoms with Crippen molar-refractivity contribution in [3.05, 3.63) is 42.2 Å². The first-order valence-corrected chi connectivity index (χ1v) is 4.24. The second-order valence-electron chi connectivity index (χ2n) is 3.10. The van der Waals surface area contributed by atoms with Gasteiger partial charge in [0.05, 0.1) is 5.56 Å². The van der Waals surface area contributed by atoms with Crippen molar-refractivity contribution in [3.63, 3.8) is 0 Å². The summed E-state index contributed by atoms with van der Waals surface area (Å²) in [4.78, 5) is 0. The van der Waals surface area contributed by atoms with E-state index < -0.39 is 11.7 Å². The average Bonchev–Trinajstić information content (AvgIpc) is 2.57. The Bertz CT molecular complexity index is 508. The number of alkyl halides is 3. The maximum absolute atomic E-state index is 12.3. The molecular formula is C11H7F3O. The van der Waals surface area contributed by atoms with Crippen LogP contribution in [0, 0.1) is 0 Å². The molecule has 1 aromatic carbocycles. The van der Waals surface area contributed by atoms with Crippen LogP contribution in [0.5, 0.6) is 0 Å². The van der Waals surface area contributed by atoms with Crippen LogP contribution in [-0.4, -0.2) is 0 Å². The number of fused-ring (bicyclic) bond motifs is 1. The van der Waals surface area contributed by atoms with E-state index in [1.165, 1.54) is 12.1 Å². The van der Waals surface area contributed by atoms with Crippen LogP contribution in [0.25, 0.3) is 17.0 Å². The molecule has 1 heterocycles. The van der Waals surface area contributed by atoms with E-state index in [0.717, 1.165) is 12.1 Å². The predicted molar refractivity (Wildman–Crippen MR) is 51.3 cm³/mol. The van der Waals surface area contributed by atoms with Crippen molar-refractivity contribution in [1.29, 1.82) is 0 Å². The number of hydrogen-bond donors (Lipinski definition) is 0. The molecule has 0 N–H and O–H groups in total. The minimum Gasteiger partial charge on any atom is -0.457 e. The van der Waals surface area contributed by atoms with Gasteiger partial charge in [-0.2, -0.15) is 13.2 Å². The molecule has 0 saturated carbocycles. The lowest BCUT2D eigenvalue weighted by Crippen LogP contribution is -2.03. The molecule has 0 unspecified atom stereocenters. The third-order valence-corrected chi connectivity index (χ3v) is 2.07. The van der Waals surface area contributed by atoms with Gasteiger partial charge in [-0.3, -0.25) is 0 Å². The standard InChI is InChI=1S/C11H7F3O/c1-2-9-5-7-3-4-8(11(12,13)14)6-10(7)15-9/h2-6H,1H2. The van der Waals surface area contributed by atoms with Gasteiger partial charge in [-0.25, -0.2) is 0 Å². The average molecular weight is 212 g/mol. The minimum atomic E-state index is -4.34. The molecule has 0 saturated heterocycles. The summed E-state index contributed by atoms with van der Waals surface area (Å²) in [5.41, 5.74) is -0.486. The first-order chi connectivity index (χ1) is 7.00. The Hall–Kier alpha value is -1.71. The van der Waals surface area contributed by atoms with Crippen LogP contribution in [-0.2, 0) is 6.18 Å². The van der Waals surface area contributed by atoms with Crippen molar-refractivity contribution in [2.24, 2.45) is 0 Å². The molecule has 0 radical (unpaired) electrons. The maximum Gasteiger partial charge on any atom is 0.416 e. The first kappa shape index (κ1) is 9.83. The highest BCUT2D eigenvalue weighted by molar-refractivity contribution is 5.80. The fourth-order valence-electron chi connectivity index (χ4n) is 1.33. The van der Waals surface area contributed by atoms with E-state index in [1.807, 2.05) is 0 Å². The molecular weight excluding hydrogens is 205 g/mol. The largest absolute Gasteiger partial charge is 0.457 e. The number of rotatable bonds is 1. The summed E-state index contributed by atoms with van der Waals surface area (Å²) in [6.07, 6.45) is -2.89. The quantitative estimate of drug-likeness (QED) is 0.693. The number of hydrogen-bond acceptors (Lipinski definition) is 1. The van der Waals surface area contributed by atoms with Gasteiger partial charge in [-0.1, -0.05) is 12.6 Å². The number of halogens is 3. The van der Waals surface area contributed by atoms with Gasteiger partial charge in [0.25, 0.3) is 0 Å². The van der Waals surface area contributed by atoms with Crippen LogP contribution in [0.15, 0.2) is 35.3 Å². The van der Waals surface area contributed by atoms with Crippen molar-refractivity contribution >= 4 is 17.0 Å². The zero-order chi connectivity index (χ0) is 11.1. The van der Waals surface area contributed by atoms with E-state index in [0.29, 0.717) is 11.1 Å². The van der Waals surface area contributed by atoms with E-state index in [4.69, 9.17) is 4.42 Å². The third-order valence-electron chi connectivity index (χ3n) is 2.07. The van der Waals surface area contributed by atoms with Crippen molar-refractivity contribution in [2.75, 3.05) is 0 Å². The second kappa shape index (κ2) is 3.15. The molecule has 0 bridgehead atoms. The Morgan fingerprint density at radius 1 is 1.20 bits per heavy atom. The second-order valence-corrected chi connectivity index (χ2v) is 3.10. The summed E-state index contributed by atoms with van der Waals surface area (Å²) in [6, 6.07) is 5.05. The van der Waals surface area contributed by atoms with Crippen LogP contribution in [0.3, 0.4) is 0 Å². The zero-order valence-corrected chi connectivity index (χ0v) is 7.64. The highest BCUT2D eigenvalue weighted by Gasteiger charge is 2.30. The van der Waals surface area contributed by atoms with Crippen LogP contribution >= 0.6 is 0 Å². The minimum absolute atomic E-state index is 0.222. The van der Waals surface area contributed by atoms with Crippen LogP contribution in [0.4, 0.5) is 13.2 Å². The molecule has 0 spiro atoms. The molecule has 4 heteroatoms. The van der Waals surface area contributed by atoms with Crippen molar-refractivity contribution in [3.8, 4) is 0 Å². The SMILES string of the molecule is C=Cc1cc2ccc(C(F)(F)F)cc2o1. The monoisotopic (exact) mass is 212 g/mol. The number of furan rings is 1. The molecule has 2 aromatic rings. The topological polar surface area (TPSA) is 13.1 Å². The fraction of sp³-hybridized carbons (Fsp3) is 0.0909. The van der Waals surface area contributed by atoms with Gasteiger partial charge in [0.15, 0.2) is 0 Å². The lowest BCUT2D eigenvalue weighted by Gasteiger charge is -2.04. The molecule has 1 aromatic heterocycles. The van der Waals surface area contributed by atoms with Gasteiger partial charge >= 0.3 is 6.18 Å². The predicted octanol–water partition coefficient (Wildman–Crippen LogP) is 4.09. The highest BCUT2D eigenvalue weighted by Crippen LogP contribution is 2.32. The molecule has 0 atom stereocenters. The summed E-state index contributed by atoms with van der Waals surface area (Å²) in [6.45, 7) is 3.48. The summed E-state index contributed by atoms with van der Waals surface area (Å²) < 4.78 is 42.2. The van der Waals surface area contributed by atoms with Crippen molar-refractivity contribution in [2.45, 2.75) is 6.18 Å². The molecule has 0 aliphatic heterocycles. The Kier molecular flexibility index (Phi) is 2.07. The van der Waals surface area contributed by atoms with Crippen LogP contribution in [0.2, 0.25) is 0 Å². The van der Waals surface area contributed by atoms with Crippen molar-refractivity contribution in [1.82, 2.24) is 0 Å². The molecule has 0 aliphatic carbocycles. The Morgan fingerprint density at radius 2 is 1.93 bits per heavy atom. The van der Waals surface area contributed by atoms with Crippen LogP contribution < -0.4 is 0 Å². The molecule has 78 valence electrons. The normalized spacial score (nSPS) is 11.9. The molecule has 2 rings (SSSR count). The summed E-state index contributed by atoms with van der Waals surface area (Å²) in [5, 5.41) is 0.637. The van der Waals surface area contributed by atoms with E-state index in [1.54, 1.807) is 6.07 Å². The Labute approximate surface area is 83.8 Å². The van der Waals surface area contributed by atoms with Gasteiger partial charge in [0.2, 0.25) is 0 Å². The Balaban J connectivity index is 2.60. The van der Waals surface area contributed by atoms with E-state index >= 15 is 0 Å². The lowest BCUT2D eigenvalue weighted by molar-refractivity contribution is -0.137. The summed E-state index contributed by atoms with van der Waals surface area (Å²) in [7, 11) is 0. The van der Waals surface area contributed by atoms with Gasteiger partial charge in [0, 0.05) is 5.39 Å². The van der Waals surface area contributed by atoms with Crippen molar-refractivity contribution < 1.29 is 17.6 Å². The first-order valence-electron chi connectivity index (χ1n) is 4.24. The molecule has 0 amide bonds. The molecule has 0 fully saturated rings. The zero-order valence-electron chi connectivity index (χ0n) is 7.64. The third kappa shape index (κ3) is 1.75.